The van der Waals surface area contributed by atoms with Gasteiger partial charge in [-0.05, 0) is 12.1 Å². The fourth-order valence-electron chi connectivity index (χ4n) is 0.888. The second-order valence-electron chi connectivity index (χ2n) is 2.22. The largest absolute Gasteiger partial charge is 0.505 e. The van der Waals surface area contributed by atoms with Crippen molar-refractivity contribution in [2.24, 2.45) is 0 Å². The van der Waals surface area contributed by atoms with Gasteiger partial charge in [0.25, 0.3) is 0 Å². The first kappa shape index (κ1) is 8.59. The molecule has 0 atom stereocenters. The zero-order valence-electron chi connectivity index (χ0n) is 6.44. The predicted octanol–water partition coefficient (Wildman–Crippen LogP) is 1.01. The Kier molecular flexibility index (Phi) is 2.15. The van der Waals surface area contributed by atoms with E-state index in [9.17, 15) is 5.11 Å². The molecule has 0 saturated heterocycles. The van der Waals surface area contributed by atoms with E-state index >= 15 is 0 Å². The molecule has 0 aliphatic rings. The van der Waals surface area contributed by atoms with E-state index in [2.05, 4.69) is 0 Å². The van der Waals surface area contributed by atoms with E-state index in [1.165, 1.54) is 12.1 Å². The summed E-state index contributed by atoms with van der Waals surface area (Å²) in [6, 6.07) is 7.75. The maximum absolute atomic E-state index is 9.30. The normalized spacial score (nSPS) is 8.08. The smallest absolute Gasteiger partial charge is 0.152 e. The number of benzene rings is 1. The van der Waals surface area contributed by atoms with E-state index in [1.807, 2.05) is 0 Å². The van der Waals surface area contributed by atoms with Gasteiger partial charge in [-0.3, -0.25) is 0 Å². The zero-order chi connectivity index (χ0) is 9.84. The minimum Gasteiger partial charge on any atom is -0.505 e. The van der Waals surface area contributed by atoms with Crippen LogP contribution in [-0.4, -0.2) is 5.11 Å². The fourth-order valence-corrected chi connectivity index (χ4v) is 0.888. The van der Waals surface area contributed by atoms with Crippen molar-refractivity contribution in [2.45, 2.75) is 0 Å². The molecule has 60 valence electrons. The second-order valence-corrected chi connectivity index (χ2v) is 2.22. The van der Waals surface area contributed by atoms with Crippen LogP contribution in [0.2, 0.25) is 0 Å². The molecule has 0 aliphatic heterocycles. The Morgan fingerprint density at radius 1 is 0.923 bits per heavy atom. The highest BCUT2D eigenvalue weighted by atomic mass is 16.3. The number of aromatic hydroxyl groups is 1. The summed E-state index contributed by atoms with van der Waals surface area (Å²) in [6.45, 7) is 0. The SMILES string of the molecule is N#Cc1ccc(C#N)c(C#N)c1O. The van der Waals surface area contributed by atoms with Crippen molar-refractivity contribution in [3.05, 3.63) is 28.8 Å². The van der Waals surface area contributed by atoms with Gasteiger partial charge in [-0.2, -0.15) is 15.8 Å². The van der Waals surface area contributed by atoms with Crippen molar-refractivity contribution in [3.63, 3.8) is 0 Å². The highest BCUT2D eigenvalue weighted by molar-refractivity contribution is 5.59. The average molecular weight is 169 g/mol. The third kappa shape index (κ3) is 1.27. The van der Waals surface area contributed by atoms with Gasteiger partial charge >= 0.3 is 0 Å². The van der Waals surface area contributed by atoms with Crippen molar-refractivity contribution in [3.8, 4) is 24.0 Å². The number of hydrogen-bond donors (Lipinski definition) is 1. The molecular formula is C9H3N3O. The van der Waals surface area contributed by atoms with Gasteiger partial charge in [-0.1, -0.05) is 0 Å². The molecule has 0 saturated carbocycles. The number of phenols is 1. The maximum atomic E-state index is 9.30. The summed E-state index contributed by atoms with van der Waals surface area (Å²) < 4.78 is 0. The summed E-state index contributed by atoms with van der Waals surface area (Å²) in [5.74, 6) is -0.427. The van der Waals surface area contributed by atoms with Gasteiger partial charge in [0.15, 0.2) is 5.75 Å². The third-order valence-corrected chi connectivity index (χ3v) is 1.53. The average Bonchev–Trinajstić information content (AvgIpc) is 2.17. The van der Waals surface area contributed by atoms with Gasteiger partial charge in [0.1, 0.15) is 23.8 Å². The van der Waals surface area contributed by atoms with E-state index in [1.54, 1.807) is 18.2 Å². The molecule has 0 bridgehead atoms. The van der Waals surface area contributed by atoms with E-state index < -0.39 is 5.75 Å². The minimum atomic E-state index is -0.427. The molecule has 0 aromatic heterocycles. The summed E-state index contributed by atoms with van der Waals surface area (Å²) in [6.07, 6.45) is 0. The fraction of sp³-hybridized carbons (Fsp3) is 0. The van der Waals surface area contributed by atoms with Crippen LogP contribution < -0.4 is 0 Å². The Hall–Kier alpha value is -2.51. The van der Waals surface area contributed by atoms with Gasteiger partial charge < -0.3 is 5.11 Å². The van der Waals surface area contributed by atoms with Gasteiger partial charge in [0.05, 0.1) is 11.1 Å². The summed E-state index contributed by atoms with van der Waals surface area (Å²) in [5.41, 5.74) is -0.0869. The topological polar surface area (TPSA) is 91.6 Å². The first-order chi connectivity index (χ1) is 6.24. The molecule has 0 unspecified atom stereocenters. The van der Waals surface area contributed by atoms with Crippen LogP contribution in [0.3, 0.4) is 0 Å². The summed E-state index contributed by atoms with van der Waals surface area (Å²) in [5, 5.41) is 34.9. The predicted molar refractivity (Wildman–Crippen MR) is 42.3 cm³/mol. The molecule has 1 rings (SSSR count). The lowest BCUT2D eigenvalue weighted by Gasteiger charge is -1.98. The highest BCUT2D eigenvalue weighted by Crippen LogP contribution is 2.23. The molecule has 0 amide bonds. The number of nitriles is 3. The molecule has 0 aliphatic carbocycles. The summed E-state index contributed by atoms with van der Waals surface area (Å²) in [7, 11) is 0. The number of nitrogens with zero attached hydrogens (tertiary/aromatic N) is 3. The Morgan fingerprint density at radius 2 is 1.46 bits per heavy atom. The summed E-state index contributed by atoms with van der Waals surface area (Å²) >= 11 is 0. The van der Waals surface area contributed by atoms with Gasteiger partial charge in [0.2, 0.25) is 0 Å². The van der Waals surface area contributed by atoms with Crippen LogP contribution in [0.25, 0.3) is 0 Å². The van der Waals surface area contributed by atoms with Crippen LogP contribution in [0.15, 0.2) is 12.1 Å². The number of phenolic OH excluding ortho intramolecular Hbond substituents is 1. The van der Waals surface area contributed by atoms with Crippen LogP contribution in [0, 0.1) is 34.0 Å². The lowest BCUT2D eigenvalue weighted by Crippen LogP contribution is -1.87. The van der Waals surface area contributed by atoms with Crippen molar-refractivity contribution < 1.29 is 5.11 Å². The Bertz CT molecular complexity index is 471. The first-order valence-corrected chi connectivity index (χ1v) is 3.31. The van der Waals surface area contributed by atoms with Crippen LogP contribution in [0.4, 0.5) is 0 Å². The van der Waals surface area contributed by atoms with Crippen LogP contribution in [-0.2, 0) is 0 Å². The molecule has 13 heavy (non-hydrogen) atoms. The molecule has 0 fully saturated rings. The van der Waals surface area contributed by atoms with E-state index in [-0.39, 0.29) is 16.7 Å². The molecule has 4 heteroatoms. The quantitative estimate of drug-likeness (QED) is 0.627. The maximum Gasteiger partial charge on any atom is 0.152 e. The lowest BCUT2D eigenvalue weighted by atomic mass is 10.0. The van der Waals surface area contributed by atoms with Gasteiger partial charge in [-0.15, -0.1) is 0 Å². The van der Waals surface area contributed by atoms with Crippen LogP contribution in [0.1, 0.15) is 16.7 Å². The minimum absolute atomic E-state index is 0.00412. The van der Waals surface area contributed by atoms with Crippen molar-refractivity contribution in [1.82, 2.24) is 0 Å². The zero-order valence-corrected chi connectivity index (χ0v) is 6.44. The highest BCUT2D eigenvalue weighted by Gasteiger charge is 2.11. The van der Waals surface area contributed by atoms with Crippen LogP contribution >= 0.6 is 0 Å². The lowest BCUT2D eigenvalue weighted by molar-refractivity contribution is 0.471. The molecule has 4 nitrogen and oxygen atoms in total. The van der Waals surface area contributed by atoms with Gasteiger partial charge in [-0.25, -0.2) is 0 Å². The molecule has 1 N–H and O–H groups in total. The number of rotatable bonds is 0. The van der Waals surface area contributed by atoms with E-state index in [0.29, 0.717) is 0 Å². The van der Waals surface area contributed by atoms with Crippen molar-refractivity contribution in [1.29, 1.82) is 15.8 Å². The molecule has 1 aromatic carbocycles. The molecule has 0 radical (unpaired) electrons. The van der Waals surface area contributed by atoms with E-state index in [4.69, 9.17) is 15.8 Å². The molecule has 0 heterocycles. The number of hydrogen-bond acceptors (Lipinski definition) is 4. The monoisotopic (exact) mass is 169 g/mol. The van der Waals surface area contributed by atoms with Crippen molar-refractivity contribution in [2.75, 3.05) is 0 Å². The summed E-state index contributed by atoms with van der Waals surface area (Å²) in [4.78, 5) is 0. The Balaban J connectivity index is 3.57. The second kappa shape index (κ2) is 3.26. The van der Waals surface area contributed by atoms with E-state index in [0.717, 1.165) is 0 Å². The first-order valence-electron chi connectivity index (χ1n) is 3.31. The Labute approximate surface area is 74.5 Å². The van der Waals surface area contributed by atoms with Gasteiger partial charge in [0, 0.05) is 0 Å². The Morgan fingerprint density at radius 3 is 1.92 bits per heavy atom. The van der Waals surface area contributed by atoms with Crippen molar-refractivity contribution >= 4 is 0 Å². The molecular weight excluding hydrogens is 166 g/mol. The molecule has 1 aromatic rings. The standard InChI is InChI=1S/C9H3N3O/c10-3-6-1-2-7(4-11)9(13)8(6)5-12/h1-2,13H. The third-order valence-electron chi connectivity index (χ3n) is 1.53. The van der Waals surface area contributed by atoms with Crippen LogP contribution in [0.5, 0.6) is 5.75 Å². The molecule has 0 spiro atoms.